The van der Waals surface area contributed by atoms with Crippen molar-refractivity contribution in [1.82, 2.24) is 0 Å². The number of nitrogens with zero attached hydrogens (tertiary/aromatic N) is 1. The predicted octanol–water partition coefficient (Wildman–Crippen LogP) is 3.46. The number of carbonyl (C=O) groups excluding carboxylic acids is 1. The van der Waals surface area contributed by atoms with Gasteiger partial charge in [0.25, 0.3) is 5.91 Å². The minimum absolute atomic E-state index is 0.163. The van der Waals surface area contributed by atoms with Crippen molar-refractivity contribution in [2.75, 3.05) is 19.0 Å². The maximum Gasteiger partial charge on any atom is 0.255 e. The summed E-state index contributed by atoms with van der Waals surface area (Å²) in [6, 6.07) is 14.7. The zero-order chi connectivity index (χ0) is 16.5. The molecule has 5 heteroatoms. The van der Waals surface area contributed by atoms with Gasteiger partial charge in [-0.2, -0.15) is 0 Å². The highest BCUT2D eigenvalue weighted by atomic mass is 16.6. The predicted molar refractivity (Wildman–Crippen MR) is 90.8 cm³/mol. The molecule has 0 spiro atoms. The van der Waals surface area contributed by atoms with Crippen LogP contribution in [0, 0.1) is 0 Å². The molecule has 23 heavy (non-hydrogen) atoms. The lowest BCUT2D eigenvalue weighted by molar-refractivity contribution is 0.102. The summed E-state index contributed by atoms with van der Waals surface area (Å²) in [5.41, 5.74) is 3.15. The van der Waals surface area contributed by atoms with Gasteiger partial charge in [-0.1, -0.05) is 35.5 Å². The minimum Gasteiger partial charge on any atom is -0.399 e. The van der Waals surface area contributed by atoms with Crippen molar-refractivity contribution < 1.29 is 14.4 Å². The van der Waals surface area contributed by atoms with Crippen LogP contribution in [0.4, 0.5) is 5.69 Å². The number of anilines is 1. The largest absolute Gasteiger partial charge is 0.399 e. The number of ether oxygens (including phenoxy) is 1. The molecule has 0 bridgehead atoms. The highest BCUT2D eigenvalue weighted by Gasteiger charge is 2.09. The standard InChI is InChI=1S/C18H20N2O3/c1-3-23-13-16-6-4-5-7-17(16)20-18(21)15-10-8-14(9-11-15)12-19-22-2/h4-12H,3,13H2,1-2H3,(H,20,21)/b19-12+. The Morgan fingerprint density at radius 2 is 1.91 bits per heavy atom. The number of hydrogen-bond acceptors (Lipinski definition) is 4. The van der Waals surface area contributed by atoms with Gasteiger partial charge in [-0.25, -0.2) is 0 Å². The summed E-state index contributed by atoms with van der Waals surface area (Å²) in [6.07, 6.45) is 1.58. The Labute approximate surface area is 135 Å². The van der Waals surface area contributed by atoms with Crippen LogP contribution in [-0.4, -0.2) is 25.8 Å². The van der Waals surface area contributed by atoms with Gasteiger partial charge in [-0.05, 0) is 30.7 Å². The summed E-state index contributed by atoms with van der Waals surface area (Å²) in [5, 5.41) is 6.61. The van der Waals surface area contributed by atoms with Gasteiger partial charge in [-0.15, -0.1) is 0 Å². The van der Waals surface area contributed by atoms with E-state index in [0.29, 0.717) is 18.8 Å². The maximum absolute atomic E-state index is 12.4. The average Bonchev–Trinajstić information content (AvgIpc) is 2.59. The van der Waals surface area contributed by atoms with Crippen LogP contribution in [0.3, 0.4) is 0 Å². The van der Waals surface area contributed by atoms with Crippen LogP contribution in [0.25, 0.3) is 0 Å². The van der Waals surface area contributed by atoms with Gasteiger partial charge < -0.3 is 14.9 Å². The summed E-state index contributed by atoms with van der Waals surface area (Å²) >= 11 is 0. The van der Waals surface area contributed by atoms with Crippen LogP contribution >= 0.6 is 0 Å². The summed E-state index contributed by atoms with van der Waals surface area (Å²) in [4.78, 5) is 17.0. The Kier molecular flexibility index (Phi) is 6.32. The van der Waals surface area contributed by atoms with Crippen molar-refractivity contribution >= 4 is 17.8 Å². The SMILES string of the molecule is CCOCc1ccccc1NC(=O)c1ccc(/C=N/OC)cc1. The molecular weight excluding hydrogens is 292 g/mol. The quantitative estimate of drug-likeness (QED) is 0.629. The fourth-order valence-electron chi connectivity index (χ4n) is 2.01. The highest BCUT2D eigenvalue weighted by molar-refractivity contribution is 6.04. The van der Waals surface area contributed by atoms with Gasteiger partial charge in [0.1, 0.15) is 7.11 Å². The molecule has 1 amide bonds. The number of nitrogens with one attached hydrogen (secondary N) is 1. The second kappa shape index (κ2) is 8.70. The molecule has 0 saturated heterocycles. The monoisotopic (exact) mass is 312 g/mol. The number of para-hydroxylation sites is 1. The molecule has 0 heterocycles. The zero-order valence-corrected chi connectivity index (χ0v) is 13.3. The highest BCUT2D eigenvalue weighted by Crippen LogP contribution is 2.17. The van der Waals surface area contributed by atoms with Gasteiger partial charge in [0, 0.05) is 23.4 Å². The zero-order valence-electron chi connectivity index (χ0n) is 13.3. The molecular formula is C18H20N2O3. The van der Waals surface area contributed by atoms with Gasteiger partial charge in [0.2, 0.25) is 0 Å². The Balaban J connectivity index is 2.08. The first-order valence-electron chi connectivity index (χ1n) is 7.38. The molecule has 120 valence electrons. The molecule has 0 fully saturated rings. The van der Waals surface area contributed by atoms with Crippen molar-refractivity contribution in [3.05, 3.63) is 65.2 Å². The lowest BCUT2D eigenvalue weighted by atomic mass is 10.1. The normalized spacial score (nSPS) is 10.7. The van der Waals surface area contributed by atoms with Crippen LogP contribution in [0.2, 0.25) is 0 Å². The third-order valence-corrected chi connectivity index (χ3v) is 3.21. The summed E-state index contributed by atoms with van der Waals surface area (Å²) in [6.45, 7) is 3.04. The lowest BCUT2D eigenvalue weighted by Gasteiger charge is -2.11. The molecule has 0 radical (unpaired) electrons. The van der Waals surface area contributed by atoms with E-state index < -0.39 is 0 Å². The smallest absolute Gasteiger partial charge is 0.255 e. The molecule has 2 aromatic carbocycles. The second-order valence-electron chi connectivity index (χ2n) is 4.79. The molecule has 0 aliphatic carbocycles. The Morgan fingerprint density at radius 1 is 1.17 bits per heavy atom. The van der Waals surface area contributed by atoms with Crippen LogP contribution in [0.1, 0.15) is 28.4 Å². The van der Waals surface area contributed by atoms with E-state index in [0.717, 1.165) is 16.8 Å². The van der Waals surface area contributed by atoms with E-state index in [1.54, 1.807) is 18.3 Å². The van der Waals surface area contributed by atoms with E-state index in [1.807, 2.05) is 43.3 Å². The average molecular weight is 312 g/mol. The molecule has 0 aliphatic rings. The molecule has 0 aromatic heterocycles. The Bertz CT molecular complexity index is 666. The first-order chi connectivity index (χ1) is 11.2. The second-order valence-corrected chi connectivity index (χ2v) is 4.79. The van der Waals surface area contributed by atoms with E-state index in [-0.39, 0.29) is 5.91 Å². The van der Waals surface area contributed by atoms with Gasteiger partial charge in [0.05, 0.1) is 12.8 Å². The number of oxime groups is 1. The Morgan fingerprint density at radius 3 is 2.61 bits per heavy atom. The van der Waals surface area contributed by atoms with E-state index in [1.165, 1.54) is 7.11 Å². The van der Waals surface area contributed by atoms with Gasteiger partial charge in [-0.3, -0.25) is 4.79 Å². The molecule has 0 atom stereocenters. The number of carbonyl (C=O) groups is 1. The summed E-state index contributed by atoms with van der Waals surface area (Å²) in [7, 11) is 1.48. The number of hydrogen-bond donors (Lipinski definition) is 1. The first-order valence-corrected chi connectivity index (χ1v) is 7.38. The molecule has 2 aromatic rings. The summed E-state index contributed by atoms with van der Waals surface area (Å²) < 4.78 is 5.42. The molecule has 5 nitrogen and oxygen atoms in total. The van der Waals surface area contributed by atoms with Crippen molar-refractivity contribution in [3.63, 3.8) is 0 Å². The fraction of sp³-hybridized carbons (Fsp3) is 0.222. The number of benzene rings is 2. The number of amides is 1. The maximum atomic E-state index is 12.4. The van der Waals surface area contributed by atoms with Crippen LogP contribution in [0.5, 0.6) is 0 Å². The van der Waals surface area contributed by atoms with Crippen LogP contribution in [-0.2, 0) is 16.2 Å². The number of rotatable bonds is 7. The molecule has 0 saturated carbocycles. The van der Waals surface area contributed by atoms with E-state index >= 15 is 0 Å². The van der Waals surface area contributed by atoms with Crippen molar-refractivity contribution in [2.45, 2.75) is 13.5 Å². The van der Waals surface area contributed by atoms with E-state index in [2.05, 4.69) is 15.3 Å². The third kappa shape index (κ3) is 4.93. The first kappa shape index (κ1) is 16.7. The third-order valence-electron chi connectivity index (χ3n) is 3.21. The topological polar surface area (TPSA) is 59.9 Å². The summed E-state index contributed by atoms with van der Waals surface area (Å²) in [5.74, 6) is -0.163. The molecule has 0 aliphatic heterocycles. The van der Waals surface area contributed by atoms with Crippen molar-refractivity contribution in [1.29, 1.82) is 0 Å². The minimum atomic E-state index is -0.163. The molecule has 1 N–H and O–H groups in total. The van der Waals surface area contributed by atoms with Gasteiger partial charge >= 0.3 is 0 Å². The molecule has 0 unspecified atom stereocenters. The van der Waals surface area contributed by atoms with Gasteiger partial charge in [0.15, 0.2) is 0 Å². The fourth-order valence-corrected chi connectivity index (χ4v) is 2.01. The Hall–Kier alpha value is -2.66. The van der Waals surface area contributed by atoms with Crippen molar-refractivity contribution in [2.24, 2.45) is 5.16 Å². The van der Waals surface area contributed by atoms with Crippen LogP contribution in [0.15, 0.2) is 53.7 Å². The van der Waals surface area contributed by atoms with E-state index in [9.17, 15) is 4.79 Å². The van der Waals surface area contributed by atoms with E-state index in [4.69, 9.17) is 4.74 Å². The lowest BCUT2D eigenvalue weighted by Crippen LogP contribution is -2.13. The van der Waals surface area contributed by atoms with Crippen molar-refractivity contribution in [3.8, 4) is 0 Å². The molecule has 2 rings (SSSR count). The van der Waals surface area contributed by atoms with Crippen LogP contribution < -0.4 is 5.32 Å².